The van der Waals surface area contributed by atoms with Crippen LogP contribution >= 0.6 is 0 Å². The molecule has 0 radical (unpaired) electrons. The standard InChI is InChI=1S/C16H22N2O4/c1-20-15-12-13(3-5-16(17)19)2-4-14(15)22-11-8-18-6-9-21-10-7-18/h2-5,12H,6-11H2,1H3,(H2,17,19)/b5-3-. The van der Waals surface area contributed by atoms with Crippen molar-refractivity contribution in [3.63, 3.8) is 0 Å². The van der Waals surface area contributed by atoms with Crippen molar-refractivity contribution in [3.8, 4) is 11.5 Å². The molecule has 0 unspecified atom stereocenters. The van der Waals surface area contributed by atoms with Crippen LogP contribution in [0, 0.1) is 0 Å². The number of carbonyl (C=O) groups excluding carboxylic acids is 1. The average Bonchev–Trinajstić information content (AvgIpc) is 2.54. The number of ether oxygens (including phenoxy) is 3. The third kappa shape index (κ3) is 5.05. The zero-order valence-electron chi connectivity index (χ0n) is 12.8. The maximum atomic E-state index is 10.8. The van der Waals surface area contributed by atoms with E-state index in [1.165, 1.54) is 6.08 Å². The molecular formula is C16H22N2O4. The maximum Gasteiger partial charge on any atom is 0.241 e. The van der Waals surface area contributed by atoms with Gasteiger partial charge in [-0.1, -0.05) is 6.07 Å². The van der Waals surface area contributed by atoms with E-state index in [2.05, 4.69) is 4.90 Å². The minimum atomic E-state index is -0.482. The first-order valence-electron chi connectivity index (χ1n) is 7.27. The Morgan fingerprint density at radius 3 is 2.82 bits per heavy atom. The zero-order chi connectivity index (χ0) is 15.8. The molecule has 0 atom stereocenters. The SMILES string of the molecule is COc1cc(/C=C\C(N)=O)ccc1OCCN1CCOCC1. The minimum absolute atomic E-state index is 0.482. The van der Waals surface area contributed by atoms with Crippen molar-refractivity contribution in [1.82, 2.24) is 4.90 Å². The van der Waals surface area contributed by atoms with Gasteiger partial charge >= 0.3 is 0 Å². The topological polar surface area (TPSA) is 74.0 Å². The summed E-state index contributed by atoms with van der Waals surface area (Å²) < 4.78 is 16.4. The number of amides is 1. The molecule has 1 amide bonds. The molecule has 1 heterocycles. The summed E-state index contributed by atoms with van der Waals surface area (Å²) in [6, 6.07) is 5.49. The lowest BCUT2D eigenvalue weighted by Gasteiger charge is -2.26. The summed E-state index contributed by atoms with van der Waals surface area (Å²) in [4.78, 5) is 13.1. The third-order valence-electron chi connectivity index (χ3n) is 3.40. The fourth-order valence-corrected chi connectivity index (χ4v) is 2.19. The van der Waals surface area contributed by atoms with E-state index < -0.39 is 5.91 Å². The molecule has 1 aromatic carbocycles. The van der Waals surface area contributed by atoms with Crippen molar-refractivity contribution in [3.05, 3.63) is 29.8 Å². The van der Waals surface area contributed by atoms with Crippen LogP contribution in [-0.2, 0) is 9.53 Å². The molecule has 22 heavy (non-hydrogen) atoms. The first kappa shape index (κ1) is 16.3. The molecule has 6 nitrogen and oxygen atoms in total. The first-order chi connectivity index (χ1) is 10.7. The number of primary amides is 1. The van der Waals surface area contributed by atoms with Gasteiger partial charge in [0.05, 0.1) is 20.3 Å². The van der Waals surface area contributed by atoms with Crippen molar-refractivity contribution in [2.45, 2.75) is 0 Å². The normalized spacial score (nSPS) is 15.9. The Kier molecular flexibility index (Phi) is 6.24. The number of carbonyl (C=O) groups is 1. The van der Waals surface area contributed by atoms with E-state index in [0.29, 0.717) is 18.1 Å². The van der Waals surface area contributed by atoms with Crippen LogP contribution in [0.3, 0.4) is 0 Å². The van der Waals surface area contributed by atoms with Crippen LogP contribution in [0.15, 0.2) is 24.3 Å². The summed E-state index contributed by atoms with van der Waals surface area (Å²) in [5.74, 6) is 0.838. The van der Waals surface area contributed by atoms with Gasteiger partial charge in [-0.15, -0.1) is 0 Å². The average molecular weight is 306 g/mol. The molecule has 0 aromatic heterocycles. The minimum Gasteiger partial charge on any atom is -0.493 e. The van der Waals surface area contributed by atoms with Crippen LogP contribution < -0.4 is 15.2 Å². The highest BCUT2D eigenvalue weighted by molar-refractivity contribution is 5.90. The van der Waals surface area contributed by atoms with Crippen molar-refractivity contribution >= 4 is 12.0 Å². The number of rotatable bonds is 7. The Bertz CT molecular complexity index is 525. The van der Waals surface area contributed by atoms with Gasteiger partial charge < -0.3 is 19.9 Å². The van der Waals surface area contributed by atoms with Crippen molar-refractivity contribution < 1.29 is 19.0 Å². The second-order valence-corrected chi connectivity index (χ2v) is 4.95. The van der Waals surface area contributed by atoms with E-state index in [1.807, 2.05) is 18.2 Å². The number of nitrogens with zero attached hydrogens (tertiary/aromatic N) is 1. The quantitative estimate of drug-likeness (QED) is 0.758. The Morgan fingerprint density at radius 1 is 1.36 bits per heavy atom. The Hall–Kier alpha value is -2.05. The van der Waals surface area contributed by atoms with Crippen LogP contribution in [0.2, 0.25) is 0 Å². The molecular weight excluding hydrogens is 284 g/mol. The summed E-state index contributed by atoms with van der Waals surface area (Å²) in [5.41, 5.74) is 5.91. The Labute approximate surface area is 130 Å². The number of morpholine rings is 1. The van der Waals surface area contributed by atoms with Gasteiger partial charge in [0.15, 0.2) is 11.5 Å². The predicted octanol–water partition coefficient (Wildman–Crippen LogP) is 0.905. The van der Waals surface area contributed by atoms with Crippen LogP contribution in [0.5, 0.6) is 11.5 Å². The van der Waals surface area contributed by atoms with Gasteiger partial charge in [0.2, 0.25) is 5.91 Å². The summed E-state index contributed by atoms with van der Waals surface area (Å²) in [6.07, 6.45) is 2.95. The van der Waals surface area contributed by atoms with E-state index in [9.17, 15) is 4.79 Å². The number of hydrogen-bond acceptors (Lipinski definition) is 5. The van der Waals surface area contributed by atoms with E-state index in [1.54, 1.807) is 13.2 Å². The molecule has 1 aliphatic rings. The fraction of sp³-hybridized carbons (Fsp3) is 0.438. The molecule has 0 bridgehead atoms. The van der Waals surface area contributed by atoms with Crippen LogP contribution in [0.1, 0.15) is 5.56 Å². The molecule has 120 valence electrons. The summed E-state index contributed by atoms with van der Waals surface area (Å²) in [6.45, 7) is 4.89. The Morgan fingerprint density at radius 2 is 2.14 bits per heavy atom. The molecule has 2 rings (SSSR count). The van der Waals surface area contributed by atoms with Gasteiger partial charge in [-0.25, -0.2) is 0 Å². The van der Waals surface area contributed by atoms with Gasteiger partial charge in [0.25, 0.3) is 0 Å². The predicted molar refractivity (Wildman–Crippen MR) is 84.0 cm³/mol. The van der Waals surface area contributed by atoms with Crippen molar-refractivity contribution in [2.24, 2.45) is 5.73 Å². The van der Waals surface area contributed by atoms with Crippen molar-refractivity contribution in [2.75, 3.05) is 46.6 Å². The lowest BCUT2D eigenvalue weighted by Crippen LogP contribution is -2.38. The molecule has 6 heteroatoms. The van der Waals surface area contributed by atoms with Gasteiger partial charge in [-0.05, 0) is 23.8 Å². The van der Waals surface area contributed by atoms with Gasteiger partial charge in [-0.3, -0.25) is 9.69 Å². The molecule has 0 aliphatic carbocycles. The third-order valence-corrected chi connectivity index (χ3v) is 3.40. The van der Waals surface area contributed by atoms with E-state index >= 15 is 0 Å². The van der Waals surface area contributed by atoms with Gasteiger partial charge in [0, 0.05) is 25.7 Å². The van der Waals surface area contributed by atoms with E-state index in [-0.39, 0.29) is 0 Å². The fourth-order valence-electron chi connectivity index (χ4n) is 2.19. The molecule has 1 aliphatic heterocycles. The molecule has 2 N–H and O–H groups in total. The second kappa shape index (κ2) is 8.41. The van der Waals surface area contributed by atoms with Crippen LogP contribution in [-0.4, -0.2) is 57.4 Å². The van der Waals surface area contributed by atoms with Gasteiger partial charge in [-0.2, -0.15) is 0 Å². The molecule has 0 spiro atoms. The number of hydrogen-bond donors (Lipinski definition) is 1. The van der Waals surface area contributed by atoms with E-state index in [0.717, 1.165) is 38.4 Å². The van der Waals surface area contributed by atoms with E-state index in [4.69, 9.17) is 19.9 Å². The lowest BCUT2D eigenvalue weighted by molar-refractivity contribution is -0.113. The summed E-state index contributed by atoms with van der Waals surface area (Å²) >= 11 is 0. The first-order valence-corrected chi connectivity index (χ1v) is 7.27. The largest absolute Gasteiger partial charge is 0.493 e. The lowest BCUT2D eigenvalue weighted by atomic mass is 10.2. The van der Waals surface area contributed by atoms with Crippen LogP contribution in [0.4, 0.5) is 0 Å². The number of nitrogens with two attached hydrogens (primary N) is 1. The molecule has 1 aromatic rings. The summed E-state index contributed by atoms with van der Waals surface area (Å²) in [7, 11) is 1.59. The highest BCUT2D eigenvalue weighted by Crippen LogP contribution is 2.28. The summed E-state index contributed by atoms with van der Waals surface area (Å²) in [5, 5.41) is 0. The number of benzene rings is 1. The smallest absolute Gasteiger partial charge is 0.241 e. The highest BCUT2D eigenvalue weighted by Gasteiger charge is 2.11. The van der Waals surface area contributed by atoms with Crippen molar-refractivity contribution in [1.29, 1.82) is 0 Å². The molecule has 0 saturated carbocycles. The second-order valence-electron chi connectivity index (χ2n) is 4.95. The van der Waals surface area contributed by atoms with Gasteiger partial charge in [0.1, 0.15) is 6.61 Å². The Balaban J connectivity index is 1.90. The van der Waals surface area contributed by atoms with Crippen LogP contribution in [0.25, 0.3) is 6.08 Å². The molecule has 1 fully saturated rings. The molecule has 1 saturated heterocycles. The number of methoxy groups -OCH3 is 1. The highest BCUT2D eigenvalue weighted by atomic mass is 16.5. The maximum absolute atomic E-state index is 10.8. The zero-order valence-corrected chi connectivity index (χ0v) is 12.8. The monoisotopic (exact) mass is 306 g/mol.